The van der Waals surface area contributed by atoms with Gasteiger partial charge in [0.05, 0.1) is 0 Å². The Morgan fingerprint density at radius 2 is 0.897 bits per heavy atom. The average molecular weight is 550 g/mol. The molecule has 0 aliphatic rings. The zero-order valence-electron chi connectivity index (χ0n) is 23.7. The molecule has 0 bridgehead atoms. The van der Waals surface area contributed by atoms with Gasteiger partial charge in [0.25, 0.3) is 11.8 Å². The van der Waals surface area contributed by atoms with Gasteiger partial charge in [-0.05, 0) is 43.5 Å². The van der Waals surface area contributed by atoms with Gasteiger partial charge in [-0.3, -0.25) is 14.5 Å². The largest absolute Gasteiger partial charge is 0.274 e. The minimum atomic E-state index is -1.24. The molecule has 0 aliphatic carbocycles. The van der Waals surface area contributed by atoms with Crippen molar-refractivity contribution in [2.24, 2.45) is 0 Å². The molecule has 0 heterocycles. The Balaban J connectivity index is 1.95. The van der Waals surface area contributed by atoms with Crippen LogP contribution >= 0.6 is 0 Å². The fraction of sp³-hybridized carbons (Fsp3) is 0.562. The van der Waals surface area contributed by atoms with Crippen LogP contribution < -0.4 is 0 Å². The second-order valence-corrected chi connectivity index (χ2v) is 10.5. The molecule has 39 heavy (non-hydrogen) atoms. The van der Waals surface area contributed by atoms with Crippen molar-refractivity contribution >= 4 is 11.8 Å². The molecule has 216 valence electrons. The molecule has 0 spiro atoms. The second-order valence-electron chi connectivity index (χ2n) is 10.5. The highest BCUT2D eigenvalue weighted by molar-refractivity contribution is 6.10. The van der Waals surface area contributed by atoms with E-state index in [-0.39, 0.29) is 17.7 Å². The van der Waals surface area contributed by atoms with E-state index in [1.807, 2.05) is 0 Å². The van der Waals surface area contributed by atoms with Gasteiger partial charge < -0.3 is 0 Å². The molecule has 2 rings (SSSR count). The van der Waals surface area contributed by atoms with Crippen molar-refractivity contribution < 1.29 is 27.2 Å². The van der Waals surface area contributed by atoms with E-state index in [9.17, 15) is 27.2 Å². The van der Waals surface area contributed by atoms with Crippen LogP contribution in [0.2, 0.25) is 0 Å². The highest BCUT2D eigenvalue weighted by atomic mass is 19.1. The van der Waals surface area contributed by atoms with Crippen molar-refractivity contribution in [2.75, 3.05) is 6.54 Å². The highest BCUT2D eigenvalue weighted by Crippen LogP contribution is 2.23. The summed E-state index contributed by atoms with van der Waals surface area (Å²) in [5.74, 6) is -6.94. The lowest BCUT2D eigenvalue weighted by atomic mass is 10.0. The maximum Gasteiger partial charge on any atom is 0.266 e. The Labute approximate surface area is 231 Å². The molecule has 0 saturated heterocycles. The summed E-state index contributed by atoms with van der Waals surface area (Å²) in [4.78, 5) is 27.0. The topological polar surface area (TPSA) is 37.4 Å². The normalized spacial score (nSPS) is 11.2. The third-order valence-corrected chi connectivity index (χ3v) is 7.22. The number of imide groups is 1. The van der Waals surface area contributed by atoms with E-state index in [0.29, 0.717) is 17.7 Å². The average Bonchev–Trinajstić information content (AvgIpc) is 2.91. The number of carbonyl (C=O) groups excluding carboxylic acids is 2. The lowest BCUT2D eigenvalue weighted by Crippen LogP contribution is -2.39. The monoisotopic (exact) mass is 549 g/mol. The van der Waals surface area contributed by atoms with Crippen LogP contribution in [0.5, 0.6) is 0 Å². The van der Waals surface area contributed by atoms with Gasteiger partial charge in [-0.15, -0.1) is 0 Å². The summed E-state index contributed by atoms with van der Waals surface area (Å²) < 4.78 is 58.4. The van der Waals surface area contributed by atoms with Crippen LogP contribution in [-0.2, 0) is 0 Å². The Kier molecular flexibility index (Phi) is 14.2. The maximum atomic E-state index is 14.7. The minimum absolute atomic E-state index is 0.0246. The van der Waals surface area contributed by atoms with Crippen molar-refractivity contribution in [3.05, 3.63) is 69.8 Å². The first kappa shape index (κ1) is 32.5. The quantitative estimate of drug-likeness (QED) is 0.112. The van der Waals surface area contributed by atoms with Crippen LogP contribution in [0.1, 0.15) is 129 Å². The summed E-state index contributed by atoms with van der Waals surface area (Å²) in [6, 6.07) is 4.24. The predicted molar refractivity (Wildman–Crippen MR) is 148 cm³/mol. The molecular formula is C32H43F4NO2. The first-order valence-corrected chi connectivity index (χ1v) is 14.5. The molecule has 0 saturated carbocycles. The number of nitrogens with zero attached hydrogens (tertiary/aromatic N) is 1. The van der Waals surface area contributed by atoms with Crippen LogP contribution in [0, 0.1) is 37.1 Å². The summed E-state index contributed by atoms with van der Waals surface area (Å²) in [6.07, 6.45) is 15.4. The fourth-order valence-electron chi connectivity index (χ4n) is 4.74. The number of unbranched alkanes of at least 4 members (excludes halogenated alkanes) is 13. The van der Waals surface area contributed by atoms with Crippen molar-refractivity contribution in [3.8, 4) is 0 Å². The number of carbonyl (C=O) groups is 2. The molecule has 0 aromatic heterocycles. The van der Waals surface area contributed by atoms with E-state index < -0.39 is 46.2 Å². The van der Waals surface area contributed by atoms with Gasteiger partial charge >= 0.3 is 0 Å². The van der Waals surface area contributed by atoms with Crippen LogP contribution in [0.15, 0.2) is 24.3 Å². The zero-order chi connectivity index (χ0) is 28.8. The minimum Gasteiger partial charge on any atom is -0.274 e. The lowest BCUT2D eigenvalue weighted by molar-refractivity contribution is 0.0602. The molecule has 0 unspecified atom stereocenters. The third kappa shape index (κ3) is 9.77. The molecule has 0 N–H and O–H groups in total. The van der Waals surface area contributed by atoms with E-state index >= 15 is 0 Å². The number of rotatable bonds is 17. The Morgan fingerprint density at radius 3 is 1.26 bits per heavy atom. The summed E-state index contributed by atoms with van der Waals surface area (Å²) in [6.45, 7) is 4.75. The van der Waals surface area contributed by atoms with Gasteiger partial charge in [-0.2, -0.15) is 0 Å². The summed E-state index contributed by atoms with van der Waals surface area (Å²) in [5.41, 5.74) is -1.75. The highest BCUT2D eigenvalue weighted by Gasteiger charge is 2.32. The van der Waals surface area contributed by atoms with Gasteiger partial charge in [0, 0.05) is 6.54 Å². The van der Waals surface area contributed by atoms with Crippen molar-refractivity contribution in [1.82, 2.24) is 4.90 Å². The second kappa shape index (κ2) is 17.1. The van der Waals surface area contributed by atoms with E-state index in [0.717, 1.165) is 37.8 Å². The molecule has 0 aliphatic heterocycles. The standard InChI is InChI=1S/C32H43F4NO2/c1-4-5-6-7-8-9-10-11-12-13-14-15-16-17-22-37(31(38)27-25(33)20-18-23(2)29(27)35)32(39)28-26(34)21-19-24(3)30(28)36/h18-21H,4-17,22H2,1-3H3. The van der Waals surface area contributed by atoms with Crippen LogP contribution in [0.4, 0.5) is 17.6 Å². The Morgan fingerprint density at radius 1 is 0.564 bits per heavy atom. The SMILES string of the molecule is CCCCCCCCCCCCCCCCN(C(=O)c1c(F)ccc(C)c1F)C(=O)c1c(F)ccc(C)c1F. The van der Waals surface area contributed by atoms with E-state index in [1.165, 1.54) is 77.3 Å². The molecule has 2 aromatic carbocycles. The molecule has 2 amide bonds. The Bertz CT molecular complexity index is 1020. The predicted octanol–water partition coefficient (Wildman–Crippen LogP) is 9.62. The van der Waals surface area contributed by atoms with Crippen molar-refractivity contribution in [1.29, 1.82) is 0 Å². The summed E-state index contributed by atoms with van der Waals surface area (Å²) in [7, 11) is 0. The molecule has 2 aromatic rings. The Hall–Kier alpha value is -2.70. The smallest absolute Gasteiger partial charge is 0.266 e. The number of benzene rings is 2. The molecule has 0 radical (unpaired) electrons. The van der Waals surface area contributed by atoms with Crippen molar-refractivity contribution in [2.45, 2.75) is 111 Å². The first-order chi connectivity index (χ1) is 18.7. The number of hydrogen-bond acceptors (Lipinski definition) is 2. The number of aryl methyl sites for hydroxylation is 2. The molecular weight excluding hydrogens is 506 g/mol. The fourth-order valence-corrected chi connectivity index (χ4v) is 4.74. The first-order valence-electron chi connectivity index (χ1n) is 14.5. The molecule has 3 nitrogen and oxygen atoms in total. The van der Waals surface area contributed by atoms with E-state index in [2.05, 4.69) is 6.92 Å². The molecule has 0 atom stereocenters. The maximum absolute atomic E-state index is 14.7. The van der Waals surface area contributed by atoms with Gasteiger partial charge in [0.2, 0.25) is 0 Å². The van der Waals surface area contributed by atoms with Crippen LogP contribution in [0.25, 0.3) is 0 Å². The number of hydrogen-bond donors (Lipinski definition) is 0. The zero-order valence-corrected chi connectivity index (χ0v) is 23.7. The molecule has 7 heteroatoms. The molecule has 0 fully saturated rings. The summed E-state index contributed by atoms with van der Waals surface area (Å²) >= 11 is 0. The van der Waals surface area contributed by atoms with Gasteiger partial charge in [-0.25, -0.2) is 17.6 Å². The number of amides is 2. The number of halogens is 4. The third-order valence-electron chi connectivity index (χ3n) is 7.22. The van der Waals surface area contributed by atoms with Crippen LogP contribution in [-0.4, -0.2) is 23.3 Å². The van der Waals surface area contributed by atoms with Crippen LogP contribution in [0.3, 0.4) is 0 Å². The van der Waals surface area contributed by atoms with E-state index in [1.54, 1.807) is 0 Å². The van der Waals surface area contributed by atoms with Gasteiger partial charge in [0.15, 0.2) is 0 Å². The van der Waals surface area contributed by atoms with Gasteiger partial charge in [0.1, 0.15) is 34.4 Å². The van der Waals surface area contributed by atoms with Crippen molar-refractivity contribution in [3.63, 3.8) is 0 Å². The van der Waals surface area contributed by atoms with Gasteiger partial charge in [-0.1, -0.05) is 103 Å². The van der Waals surface area contributed by atoms with E-state index in [4.69, 9.17) is 0 Å². The lowest BCUT2D eigenvalue weighted by Gasteiger charge is -2.23. The summed E-state index contributed by atoms with van der Waals surface area (Å²) in [5, 5.41) is 0.